The maximum Gasteiger partial charge on any atom is 0.412 e. The zero-order valence-corrected chi connectivity index (χ0v) is 27.4. The Morgan fingerprint density at radius 1 is 1.17 bits per heavy atom. The number of allylic oxidation sites excluding steroid dienone is 1. The van der Waals surface area contributed by atoms with Crippen molar-refractivity contribution in [2.75, 3.05) is 47.6 Å². The van der Waals surface area contributed by atoms with E-state index in [2.05, 4.69) is 23.1 Å². The number of aliphatic hydroxyl groups is 2. The third-order valence-electron chi connectivity index (χ3n) is 9.31. The summed E-state index contributed by atoms with van der Waals surface area (Å²) < 4.78 is 24.5. The number of ether oxygens (including phenoxy) is 4. The number of aliphatic hydroxyl groups excluding tert-OH is 2. The number of benzene rings is 1. The number of hydrogen-bond donors (Lipinski definition) is 3. The zero-order valence-electron chi connectivity index (χ0n) is 27.4. The van der Waals surface area contributed by atoms with Crippen LogP contribution < -0.4 is 14.8 Å². The second-order valence-electron chi connectivity index (χ2n) is 12.0. The van der Waals surface area contributed by atoms with Crippen molar-refractivity contribution < 1.29 is 43.6 Å². The molecule has 2 amide bonds. The van der Waals surface area contributed by atoms with Crippen molar-refractivity contribution in [2.45, 2.75) is 69.6 Å². The van der Waals surface area contributed by atoms with Gasteiger partial charge < -0.3 is 44.2 Å². The number of unbranched alkanes of at least 4 members (excludes halogenated alkanes) is 2. The van der Waals surface area contributed by atoms with Crippen LogP contribution in [-0.4, -0.2) is 92.5 Å². The van der Waals surface area contributed by atoms with Crippen LogP contribution in [0.2, 0.25) is 0 Å². The molecule has 3 aliphatic rings. The second kappa shape index (κ2) is 16.3. The highest BCUT2D eigenvalue weighted by Gasteiger charge is 2.65. The highest BCUT2D eigenvalue weighted by molar-refractivity contribution is 6.02. The normalized spacial score (nSPS) is 27.0. The number of likely N-dealkylation sites (N-methyl/N-ethyl adjacent to an activating group) is 1. The van der Waals surface area contributed by atoms with Crippen molar-refractivity contribution >= 4 is 17.9 Å². The standard InChI is InChI=1S/C34H49N3O9/c1-6-18-44-34-29(37(3)33(41)42-4)21-27(36-43-5)25-19-22(12-8-10-16-38)24(13-9-11-17-39)30(31(25)34)26-20-23(14-15-28(26)46-34)45-32(40)35-7-2/h6,14-15,19-20,22,24,29-31,38-39H,1,7-13,16-18,21H2,2-5H3,(H,35,40). The van der Waals surface area contributed by atoms with Crippen LogP contribution in [0.15, 0.2) is 47.7 Å². The maximum absolute atomic E-state index is 13.1. The fourth-order valence-electron chi connectivity index (χ4n) is 7.46. The maximum atomic E-state index is 13.1. The summed E-state index contributed by atoms with van der Waals surface area (Å²) in [5.41, 5.74) is 2.45. The molecule has 1 saturated carbocycles. The molecule has 12 nitrogen and oxygen atoms in total. The van der Waals surface area contributed by atoms with Crippen molar-refractivity contribution in [3.05, 3.63) is 48.1 Å². The minimum Gasteiger partial charge on any atom is -0.459 e. The van der Waals surface area contributed by atoms with Gasteiger partial charge in [-0.1, -0.05) is 30.1 Å². The van der Waals surface area contributed by atoms with Crippen molar-refractivity contribution in [1.29, 1.82) is 0 Å². The lowest BCUT2D eigenvalue weighted by atomic mass is 9.55. The number of rotatable bonds is 15. The van der Waals surface area contributed by atoms with Gasteiger partial charge in [0.1, 0.15) is 24.7 Å². The van der Waals surface area contributed by atoms with Gasteiger partial charge in [0.2, 0.25) is 5.79 Å². The minimum atomic E-state index is -1.36. The van der Waals surface area contributed by atoms with Crippen LogP contribution in [0.3, 0.4) is 0 Å². The van der Waals surface area contributed by atoms with Gasteiger partial charge >= 0.3 is 12.2 Å². The Labute approximate surface area is 271 Å². The van der Waals surface area contributed by atoms with Gasteiger partial charge in [0.15, 0.2) is 0 Å². The number of carbonyl (C=O) groups excluding carboxylic acids is 2. The molecule has 4 rings (SSSR count). The Hall–Kier alpha value is -3.61. The van der Waals surface area contributed by atoms with Gasteiger partial charge in [0, 0.05) is 44.7 Å². The number of carbonyl (C=O) groups is 2. The SMILES string of the molecule is C=CCOC12Oc3ccc(OC(=O)NCC)cc3C3C(CCCCO)C(CCCCO)C=C(C(=NOC)CC1N(C)C(=O)OC)C32. The molecule has 3 N–H and O–H groups in total. The molecule has 0 aromatic heterocycles. The van der Waals surface area contributed by atoms with Gasteiger partial charge in [-0.2, -0.15) is 0 Å². The quantitative estimate of drug-likeness (QED) is 0.140. The molecule has 1 aromatic rings. The van der Waals surface area contributed by atoms with Gasteiger partial charge in [-0.15, -0.1) is 6.58 Å². The first-order valence-corrected chi connectivity index (χ1v) is 16.2. The van der Waals surface area contributed by atoms with Crippen LogP contribution in [0, 0.1) is 17.8 Å². The van der Waals surface area contributed by atoms with E-state index in [0.717, 1.165) is 36.8 Å². The van der Waals surface area contributed by atoms with E-state index in [4.69, 9.17) is 23.8 Å². The summed E-state index contributed by atoms with van der Waals surface area (Å²) in [5.74, 6) is -0.951. The van der Waals surface area contributed by atoms with E-state index in [-0.39, 0.29) is 44.0 Å². The second-order valence-corrected chi connectivity index (χ2v) is 12.0. The molecule has 46 heavy (non-hydrogen) atoms. The van der Waals surface area contributed by atoms with E-state index in [1.54, 1.807) is 25.3 Å². The van der Waals surface area contributed by atoms with Crippen LogP contribution >= 0.6 is 0 Å². The first kappa shape index (κ1) is 35.2. The molecule has 254 valence electrons. The van der Waals surface area contributed by atoms with Crippen molar-refractivity contribution in [1.82, 2.24) is 10.2 Å². The summed E-state index contributed by atoms with van der Waals surface area (Å²) in [5, 5.41) is 26.5. The largest absolute Gasteiger partial charge is 0.459 e. The lowest BCUT2D eigenvalue weighted by Gasteiger charge is -2.59. The predicted octanol–water partition coefficient (Wildman–Crippen LogP) is 4.76. The predicted molar refractivity (Wildman–Crippen MR) is 172 cm³/mol. The monoisotopic (exact) mass is 643 g/mol. The van der Waals surface area contributed by atoms with Gasteiger partial charge in [-0.25, -0.2) is 9.59 Å². The molecule has 6 unspecified atom stereocenters. The highest BCUT2D eigenvalue weighted by atomic mass is 16.7. The van der Waals surface area contributed by atoms with E-state index in [9.17, 15) is 19.8 Å². The molecule has 2 aliphatic carbocycles. The molecule has 6 atom stereocenters. The van der Waals surface area contributed by atoms with Crippen LogP contribution in [0.25, 0.3) is 0 Å². The molecular weight excluding hydrogens is 594 g/mol. The molecule has 0 saturated heterocycles. The number of hydrogen-bond acceptors (Lipinski definition) is 10. The van der Waals surface area contributed by atoms with Crippen molar-refractivity contribution in [3.8, 4) is 11.5 Å². The molecule has 12 heteroatoms. The Bertz CT molecular complexity index is 1280. The molecule has 0 radical (unpaired) electrons. The Kier molecular flexibility index (Phi) is 12.5. The topological polar surface area (TPSA) is 148 Å². The van der Waals surface area contributed by atoms with Crippen LogP contribution in [0.4, 0.5) is 9.59 Å². The smallest absolute Gasteiger partial charge is 0.412 e. The van der Waals surface area contributed by atoms with Gasteiger partial charge in [-0.05, 0) is 68.2 Å². The number of nitrogens with zero attached hydrogens (tertiary/aromatic N) is 2. The van der Waals surface area contributed by atoms with Crippen LogP contribution in [0.1, 0.15) is 63.4 Å². The van der Waals surface area contributed by atoms with E-state index in [1.807, 2.05) is 13.0 Å². The summed E-state index contributed by atoms with van der Waals surface area (Å²) in [6.07, 6.45) is 7.65. The van der Waals surface area contributed by atoms with Gasteiger partial charge in [0.25, 0.3) is 0 Å². The van der Waals surface area contributed by atoms with E-state index in [1.165, 1.54) is 19.1 Å². The average molecular weight is 644 g/mol. The molecule has 1 heterocycles. The Balaban J connectivity index is 2.00. The van der Waals surface area contributed by atoms with E-state index >= 15 is 0 Å². The number of fused-ring (bicyclic) bond motifs is 2. The Morgan fingerprint density at radius 3 is 2.57 bits per heavy atom. The van der Waals surface area contributed by atoms with E-state index < -0.39 is 29.9 Å². The third-order valence-corrected chi connectivity index (χ3v) is 9.31. The third kappa shape index (κ3) is 7.19. The van der Waals surface area contributed by atoms with Crippen molar-refractivity contribution in [3.63, 3.8) is 0 Å². The number of oxime groups is 1. The fourth-order valence-corrected chi connectivity index (χ4v) is 7.46. The molecule has 1 aliphatic heterocycles. The van der Waals surface area contributed by atoms with Crippen LogP contribution in [0.5, 0.6) is 11.5 Å². The summed E-state index contributed by atoms with van der Waals surface area (Å²) >= 11 is 0. The molecule has 0 bridgehead atoms. The van der Waals surface area contributed by atoms with Gasteiger partial charge in [0.05, 0.1) is 25.3 Å². The highest BCUT2D eigenvalue weighted by Crippen LogP contribution is 2.61. The summed E-state index contributed by atoms with van der Waals surface area (Å²) in [4.78, 5) is 32.4. The number of amides is 2. The van der Waals surface area contributed by atoms with E-state index in [0.29, 0.717) is 36.6 Å². The number of nitrogens with one attached hydrogen (secondary N) is 1. The summed E-state index contributed by atoms with van der Waals surface area (Å²) in [6, 6.07) is 4.67. The summed E-state index contributed by atoms with van der Waals surface area (Å²) in [7, 11) is 4.49. The minimum absolute atomic E-state index is 0.0547. The molecular formula is C34H49N3O9. The fraction of sp³-hybridized carbons (Fsp3) is 0.618. The van der Waals surface area contributed by atoms with Crippen LogP contribution in [-0.2, 0) is 14.3 Å². The average Bonchev–Trinajstić information content (AvgIpc) is 3.05. The molecule has 1 aromatic carbocycles. The lowest BCUT2D eigenvalue weighted by molar-refractivity contribution is -0.253. The first-order valence-electron chi connectivity index (χ1n) is 16.2. The lowest BCUT2D eigenvalue weighted by Crippen LogP contribution is -2.69. The number of methoxy groups -OCH3 is 1. The molecule has 1 fully saturated rings. The van der Waals surface area contributed by atoms with Gasteiger partial charge in [-0.3, -0.25) is 0 Å². The Morgan fingerprint density at radius 2 is 1.91 bits per heavy atom. The zero-order chi connectivity index (χ0) is 33.3. The van der Waals surface area contributed by atoms with Crippen molar-refractivity contribution in [2.24, 2.45) is 22.9 Å². The first-order chi connectivity index (χ1) is 22.3. The molecule has 0 spiro atoms. The summed E-state index contributed by atoms with van der Waals surface area (Å²) in [6.45, 7) is 6.49.